The summed E-state index contributed by atoms with van der Waals surface area (Å²) in [5, 5.41) is 0. The summed E-state index contributed by atoms with van der Waals surface area (Å²) in [5.74, 6) is 0.210. The minimum atomic E-state index is -0.205. The molecule has 0 radical (unpaired) electrons. The topological polar surface area (TPSA) is 55.8 Å². The Morgan fingerprint density at radius 2 is 1.74 bits per heavy atom. The van der Waals surface area contributed by atoms with Crippen molar-refractivity contribution in [2.75, 3.05) is 19.7 Å². The Morgan fingerprint density at radius 3 is 2.32 bits per heavy atom. The number of carbonyl (C=O) groups excluding carboxylic acids is 2. The molecule has 0 bridgehead atoms. The minimum Gasteiger partial charge on any atom is -0.463 e. The highest BCUT2D eigenvalue weighted by molar-refractivity contribution is 5.67. The molecule has 2 rings (SSSR count). The Labute approximate surface area is 114 Å². The predicted molar refractivity (Wildman–Crippen MR) is 69.7 cm³/mol. The Morgan fingerprint density at radius 1 is 1.11 bits per heavy atom. The first kappa shape index (κ1) is 14.2. The van der Waals surface area contributed by atoms with Gasteiger partial charge in [0.05, 0.1) is 6.61 Å². The molecule has 1 aliphatic carbocycles. The molecule has 1 heterocycles. The van der Waals surface area contributed by atoms with Crippen molar-refractivity contribution in [3.63, 3.8) is 0 Å². The standard InChI is InChI=1S/C14H23NO4/c1-11(16)19-13-6-4-12(5-7-13)10-18-14(17)15-8-2-3-9-15/h12-13H,2-10H2,1H3. The van der Waals surface area contributed by atoms with Crippen LogP contribution < -0.4 is 0 Å². The monoisotopic (exact) mass is 269 g/mol. The molecular weight excluding hydrogens is 246 g/mol. The maximum atomic E-state index is 11.7. The molecule has 0 aromatic carbocycles. The highest BCUT2D eigenvalue weighted by Gasteiger charge is 2.25. The van der Waals surface area contributed by atoms with Crippen LogP contribution in [0.15, 0.2) is 0 Å². The number of hydrogen-bond donors (Lipinski definition) is 0. The molecule has 2 fully saturated rings. The third-order valence-electron chi connectivity index (χ3n) is 3.93. The maximum absolute atomic E-state index is 11.7. The molecule has 0 atom stereocenters. The number of rotatable bonds is 3. The van der Waals surface area contributed by atoms with Gasteiger partial charge in [-0.15, -0.1) is 0 Å². The summed E-state index contributed by atoms with van der Waals surface area (Å²) in [5.41, 5.74) is 0. The summed E-state index contributed by atoms with van der Waals surface area (Å²) in [6.07, 6.45) is 5.75. The SMILES string of the molecule is CC(=O)OC1CCC(COC(=O)N2CCCC2)CC1. The lowest BCUT2D eigenvalue weighted by Crippen LogP contribution is -2.31. The van der Waals surface area contributed by atoms with Crippen LogP contribution in [0.1, 0.15) is 45.4 Å². The van der Waals surface area contributed by atoms with E-state index in [9.17, 15) is 9.59 Å². The smallest absolute Gasteiger partial charge is 0.409 e. The van der Waals surface area contributed by atoms with E-state index in [1.165, 1.54) is 6.92 Å². The molecule has 0 spiro atoms. The van der Waals surface area contributed by atoms with Crippen molar-refractivity contribution in [3.05, 3.63) is 0 Å². The van der Waals surface area contributed by atoms with E-state index in [0.29, 0.717) is 12.5 Å². The van der Waals surface area contributed by atoms with Crippen LogP contribution in [0.4, 0.5) is 4.79 Å². The van der Waals surface area contributed by atoms with Gasteiger partial charge in [0.15, 0.2) is 0 Å². The second-order valence-electron chi connectivity index (χ2n) is 5.52. The van der Waals surface area contributed by atoms with Gasteiger partial charge in [-0.1, -0.05) is 0 Å². The molecule has 1 saturated heterocycles. The van der Waals surface area contributed by atoms with Gasteiger partial charge in [-0.05, 0) is 44.4 Å². The van der Waals surface area contributed by atoms with Crippen molar-refractivity contribution < 1.29 is 19.1 Å². The fourth-order valence-electron chi connectivity index (χ4n) is 2.83. The zero-order valence-corrected chi connectivity index (χ0v) is 11.6. The van der Waals surface area contributed by atoms with Crippen LogP contribution in [0, 0.1) is 5.92 Å². The van der Waals surface area contributed by atoms with Gasteiger partial charge in [0, 0.05) is 20.0 Å². The highest BCUT2D eigenvalue weighted by atomic mass is 16.6. The van der Waals surface area contributed by atoms with Crippen molar-refractivity contribution in [1.29, 1.82) is 0 Å². The van der Waals surface area contributed by atoms with E-state index in [2.05, 4.69) is 0 Å². The van der Waals surface area contributed by atoms with Crippen LogP contribution in [0.5, 0.6) is 0 Å². The van der Waals surface area contributed by atoms with E-state index in [0.717, 1.165) is 51.6 Å². The Balaban J connectivity index is 1.62. The molecular formula is C14H23NO4. The predicted octanol–water partition coefficient (Wildman–Crippen LogP) is 2.34. The summed E-state index contributed by atoms with van der Waals surface area (Å²) in [6.45, 7) is 3.61. The van der Waals surface area contributed by atoms with Crippen LogP contribution in [0.2, 0.25) is 0 Å². The molecule has 1 aliphatic heterocycles. The fraction of sp³-hybridized carbons (Fsp3) is 0.857. The van der Waals surface area contributed by atoms with Crippen LogP contribution >= 0.6 is 0 Å². The molecule has 0 N–H and O–H groups in total. The summed E-state index contributed by atoms with van der Waals surface area (Å²) in [4.78, 5) is 24.4. The third kappa shape index (κ3) is 4.40. The van der Waals surface area contributed by atoms with Gasteiger partial charge in [-0.2, -0.15) is 0 Å². The van der Waals surface area contributed by atoms with Crippen LogP contribution in [-0.2, 0) is 14.3 Å². The van der Waals surface area contributed by atoms with Gasteiger partial charge in [-0.3, -0.25) is 4.79 Å². The average molecular weight is 269 g/mol. The van der Waals surface area contributed by atoms with E-state index in [1.807, 2.05) is 0 Å². The lowest BCUT2D eigenvalue weighted by atomic mass is 9.88. The largest absolute Gasteiger partial charge is 0.463 e. The second kappa shape index (κ2) is 6.78. The molecule has 2 aliphatic rings. The number of esters is 1. The molecule has 1 amide bonds. The van der Waals surface area contributed by atoms with Gasteiger partial charge >= 0.3 is 12.1 Å². The Kier molecular flexibility index (Phi) is 5.05. The summed E-state index contributed by atoms with van der Waals surface area (Å²) < 4.78 is 10.6. The summed E-state index contributed by atoms with van der Waals surface area (Å²) >= 11 is 0. The maximum Gasteiger partial charge on any atom is 0.409 e. The van der Waals surface area contributed by atoms with Crippen LogP contribution in [0.25, 0.3) is 0 Å². The zero-order chi connectivity index (χ0) is 13.7. The number of nitrogens with zero attached hydrogens (tertiary/aromatic N) is 1. The molecule has 1 saturated carbocycles. The van der Waals surface area contributed by atoms with Crippen LogP contribution in [-0.4, -0.2) is 42.8 Å². The normalized spacial score (nSPS) is 27.1. The lowest BCUT2D eigenvalue weighted by molar-refractivity contribution is -0.148. The van der Waals surface area contributed by atoms with Crippen LogP contribution in [0.3, 0.4) is 0 Å². The van der Waals surface area contributed by atoms with Crippen molar-refractivity contribution in [2.45, 2.75) is 51.6 Å². The first-order chi connectivity index (χ1) is 9.15. The molecule has 19 heavy (non-hydrogen) atoms. The summed E-state index contributed by atoms with van der Waals surface area (Å²) in [7, 11) is 0. The fourth-order valence-corrected chi connectivity index (χ4v) is 2.83. The lowest BCUT2D eigenvalue weighted by Gasteiger charge is -2.28. The van der Waals surface area contributed by atoms with E-state index >= 15 is 0 Å². The quantitative estimate of drug-likeness (QED) is 0.738. The van der Waals surface area contributed by atoms with E-state index < -0.39 is 0 Å². The molecule has 5 heteroatoms. The average Bonchev–Trinajstić information content (AvgIpc) is 2.91. The minimum absolute atomic E-state index is 0.0584. The van der Waals surface area contributed by atoms with E-state index in [4.69, 9.17) is 9.47 Å². The van der Waals surface area contributed by atoms with Crippen molar-refractivity contribution in [3.8, 4) is 0 Å². The molecule has 108 valence electrons. The van der Waals surface area contributed by atoms with Crippen molar-refractivity contribution in [1.82, 2.24) is 4.90 Å². The van der Waals surface area contributed by atoms with Gasteiger partial charge in [0.25, 0.3) is 0 Å². The van der Waals surface area contributed by atoms with E-state index in [-0.39, 0.29) is 18.2 Å². The number of ether oxygens (including phenoxy) is 2. The number of likely N-dealkylation sites (tertiary alicyclic amines) is 1. The number of amides is 1. The van der Waals surface area contributed by atoms with Gasteiger partial charge in [0.2, 0.25) is 0 Å². The van der Waals surface area contributed by atoms with Gasteiger partial charge in [0.1, 0.15) is 6.10 Å². The second-order valence-corrected chi connectivity index (χ2v) is 5.52. The van der Waals surface area contributed by atoms with Crippen molar-refractivity contribution in [2.24, 2.45) is 5.92 Å². The Bertz CT molecular complexity index is 317. The number of carbonyl (C=O) groups is 2. The molecule has 0 aromatic rings. The Hall–Kier alpha value is -1.26. The van der Waals surface area contributed by atoms with E-state index in [1.54, 1.807) is 4.90 Å². The molecule has 0 aromatic heterocycles. The van der Waals surface area contributed by atoms with Crippen molar-refractivity contribution >= 4 is 12.1 Å². The van der Waals surface area contributed by atoms with Gasteiger partial charge < -0.3 is 14.4 Å². The third-order valence-corrected chi connectivity index (χ3v) is 3.93. The first-order valence-corrected chi connectivity index (χ1v) is 7.24. The molecule has 0 unspecified atom stereocenters. The van der Waals surface area contributed by atoms with Gasteiger partial charge in [-0.25, -0.2) is 4.79 Å². The first-order valence-electron chi connectivity index (χ1n) is 7.24. The highest BCUT2D eigenvalue weighted by Crippen LogP contribution is 2.26. The number of hydrogen-bond acceptors (Lipinski definition) is 4. The summed E-state index contributed by atoms with van der Waals surface area (Å²) in [6, 6.07) is 0. The zero-order valence-electron chi connectivity index (χ0n) is 11.6. The molecule has 5 nitrogen and oxygen atoms in total.